The first-order chi connectivity index (χ1) is 4.31. The second-order valence-electron chi connectivity index (χ2n) is 2.77. The second kappa shape index (κ2) is 10.5. The third kappa shape index (κ3) is 9.47. The van der Waals surface area contributed by atoms with Crippen LogP contribution in [0.4, 0.5) is 0 Å². The SMILES string of the molecule is C=CC[CH]([Na])CCCC.I. The molecule has 0 aromatic heterocycles. The molecule has 0 radical (unpaired) electrons. The molecule has 0 nitrogen and oxygen atoms in total. The van der Waals surface area contributed by atoms with E-state index in [1.165, 1.54) is 53.6 Å². The molecule has 56 valence electrons. The van der Waals surface area contributed by atoms with Crippen LogP contribution in [-0.4, -0.2) is 27.9 Å². The Labute approximate surface area is 99.3 Å². The van der Waals surface area contributed by atoms with Gasteiger partial charge in [-0.1, -0.05) is 0 Å². The van der Waals surface area contributed by atoms with Crippen LogP contribution in [0.3, 0.4) is 0 Å². The average molecular weight is 262 g/mol. The van der Waals surface area contributed by atoms with Gasteiger partial charge in [0.15, 0.2) is 0 Å². The minimum Gasteiger partial charge on any atom is -0.107 e. The van der Waals surface area contributed by atoms with Crippen LogP contribution in [0.5, 0.6) is 0 Å². The molecule has 0 bridgehead atoms. The van der Waals surface area contributed by atoms with Crippen molar-refractivity contribution in [2.24, 2.45) is 0 Å². The normalized spacial score (nSPS) is 11.9. The number of unbranched alkanes of at least 4 members (excludes halogenated alkanes) is 1. The van der Waals surface area contributed by atoms with Gasteiger partial charge in [0.2, 0.25) is 0 Å². The molecule has 0 amide bonds. The Morgan fingerprint density at radius 3 is 2.60 bits per heavy atom. The molecule has 0 rings (SSSR count). The summed E-state index contributed by atoms with van der Waals surface area (Å²) >= 11 is 1.34. The van der Waals surface area contributed by atoms with E-state index < -0.39 is 0 Å². The monoisotopic (exact) mass is 262 g/mol. The van der Waals surface area contributed by atoms with Crippen LogP contribution in [0.2, 0.25) is 3.17 Å². The van der Waals surface area contributed by atoms with E-state index in [4.69, 9.17) is 0 Å². The summed E-state index contributed by atoms with van der Waals surface area (Å²) < 4.78 is 0.988. The quantitative estimate of drug-likeness (QED) is 0.405. The van der Waals surface area contributed by atoms with Crippen molar-refractivity contribution in [2.75, 3.05) is 0 Å². The van der Waals surface area contributed by atoms with Crippen molar-refractivity contribution in [3.05, 3.63) is 12.7 Å². The molecule has 0 aliphatic carbocycles. The molecule has 0 aromatic carbocycles. The molecule has 1 unspecified atom stereocenters. The van der Waals surface area contributed by atoms with Gasteiger partial charge in [0.25, 0.3) is 0 Å². The van der Waals surface area contributed by atoms with Crippen molar-refractivity contribution in [1.82, 2.24) is 0 Å². The van der Waals surface area contributed by atoms with Crippen molar-refractivity contribution in [2.45, 2.75) is 35.8 Å². The summed E-state index contributed by atoms with van der Waals surface area (Å²) in [5, 5.41) is 0. The molecule has 0 saturated heterocycles. The summed E-state index contributed by atoms with van der Waals surface area (Å²) in [6, 6.07) is 0. The fraction of sp³-hybridized carbons (Fsp3) is 0.750. The zero-order valence-electron chi connectivity index (χ0n) is 7.10. The van der Waals surface area contributed by atoms with Crippen LogP contribution in [-0.2, 0) is 0 Å². The summed E-state index contributed by atoms with van der Waals surface area (Å²) in [5.41, 5.74) is 0. The number of hydrogen-bond donors (Lipinski definition) is 0. The van der Waals surface area contributed by atoms with E-state index in [0.717, 1.165) is 3.17 Å². The van der Waals surface area contributed by atoms with E-state index in [2.05, 4.69) is 13.5 Å². The summed E-state index contributed by atoms with van der Waals surface area (Å²) in [6.45, 7) is 5.98. The maximum atomic E-state index is 3.73. The van der Waals surface area contributed by atoms with Crippen LogP contribution in [0.1, 0.15) is 32.6 Å². The fourth-order valence-electron chi connectivity index (χ4n) is 0.955. The maximum absolute atomic E-state index is 3.73. The predicted molar refractivity (Wildman–Crippen MR) is 59.3 cm³/mol. The molecule has 1 atom stereocenters. The third-order valence-electron chi connectivity index (χ3n) is 1.62. The van der Waals surface area contributed by atoms with Crippen molar-refractivity contribution in [3.63, 3.8) is 0 Å². The van der Waals surface area contributed by atoms with Crippen LogP contribution in [0.15, 0.2) is 12.7 Å². The van der Waals surface area contributed by atoms with Gasteiger partial charge >= 0.3 is 76.4 Å². The molecule has 0 saturated carbocycles. The van der Waals surface area contributed by atoms with Gasteiger partial charge in [-0.2, -0.15) is 0 Å². The van der Waals surface area contributed by atoms with E-state index >= 15 is 0 Å². The molecule has 0 heterocycles. The first kappa shape index (κ1) is 14.0. The second-order valence-corrected chi connectivity index (χ2v) is 4.40. The molecule has 0 fully saturated rings. The van der Waals surface area contributed by atoms with E-state index in [1.807, 2.05) is 6.08 Å². The zero-order chi connectivity index (χ0) is 7.11. The topological polar surface area (TPSA) is 0 Å². The van der Waals surface area contributed by atoms with E-state index in [1.54, 1.807) is 0 Å². The Bertz CT molecular complexity index is 73.7. The number of hydrogen-bond acceptors (Lipinski definition) is 0. The minimum atomic E-state index is 0. The van der Waals surface area contributed by atoms with Crippen molar-refractivity contribution >= 4 is 51.9 Å². The van der Waals surface area contributed by atoms with Crippen molar-refractivity contribution in [1.29, 1.82) is 0 Å². The van der Waals surface area contributed by atoms with Gasteiger partial charge in [0.1, 0.15) is 0 Å². The van der Waals surface area contributed by atoms with E-state index in [0.29, 0.717) is 0 Å². The molecule has 10 heavy (non-hydrogen) atoms. The summed E-state index contributed by atoms with van der Waals surface area (Å²) in [7, 11) is 0. The van der Waals surface area contributed by atoms with Gasteiger partial charge in [0.05, 0.1) is 0 Å². The molecule has 0 N–H and O–H groups in total. The van der Waals surface area contributed by atoms with Gasteiger partial charge in [-0.15, -0.1) is 24.0 Å². The Balaban J connectivity index is 0. The number of halogens is 1. The number of allylic oxidation sites excluding steroid dienone is 1. The standard InChI is InChI=1S/C8H15.HI.Na/c1-3-5-7-8-6-4-2;;/h3,7H,1,4-6,8H2,2H3;1H;. The van der Waals surface area contributed by atoms with Gasteiger partial charge in [-0.3, -0.25) is 0 Å². The summed E-state index contributed by atoms with van der Waals surface area (Å²) in [6.07, 6.45) is 7.46. The van der Waals surface area contributed by atoms with E-state index in [9.17, 15) is 0 Å². The molecular weight excluding hydrogens is 246 g/mol. The van der Waals surface area contributed by atoms with Crippen molar-refractivity contribution < 1.29 is 0 Å². The molecule has 0 aromatic rings. The largest absolute Gasteiger partial charge is 0.107 e. The Kier molecular flexibility index (Phi) is 14.7. The Morgan fingerprint density at radius 2 is 2.20 bits per heavy atom. The summed E-state index contributed by atoms with van der Waals surface area (Å²) in [4.78, 5) is 0. The number of rotatable bonds is 5. The van der Waals surface area contributed by atoms with Crippen LogP contribution in [0, 0.1) is 0 Å². The molecule has 2 heteroatoms. The Morgan fingerprint density at radius 1 is 1.60 bits per heavy atom. The zero-order valence-corrected chi connectivity index (χ0v) is 11.4. The summed E-state index contributed by atoms with van der Waals surface area (Å²) in [5.74, 6) is 0. The van der Waals surface area contributed by atoms with Crippen LogP contribution in [0.25, 0.3) is 0 Å². The fourth-order valence-corrected chi connectivity index (χ4v) is 1.70. The smallest absolute Gasteiger partial charge is 0.107 e. The predicted octanol–water partition coefficient (Wildman–Crippen LogP) is 3.33. The first-order valence-electron chi connectivity index (χ1n) is 3.92. The van der Waals surface area contributed by atoms with Crippen LogP contribution < -0.4 is 0 Å². The first-order valence-corrected chi connectivity index (χ1v) is 5.07. The minimum absolute atomic E-state index is 0. The van der Waals surface area contributed by atoms with Gasteiger partial charge in [-0.25, -0.2) is 0 Å². The molecular formula is C8H16INa. The van der Waals surface area contributed by atoms with Gasteiger partial charge in [-0.05, 0) is 0 Å². The van der Waals surface area contributed by atoms with Crippen molar-refractivity contribution in [3.8, 4) is 0 Å². The third-order valence-corrected chi connectivity index (χ3v) is 2.67. The Hall–Kier alpha value is 1.47. The average Bonchev–Trinajstić information content (AvgIpc) is 1.85. The van der Waals surface area contributed by atoms with E-state index in [-0.39, 0.29) is 24.0 Å². The molecule has 0 spiro atoms. The maximum Gasteiger partial charge on any atom is -0.107 e. The van der Waals surface area contributed by atoms with Gasteiger partial charge in [0, 0.05) is 0 Å². The van der Waals surface area contributed by atoms with Crippen LogP contribution >= 0.6 is 24.0 Å². The molecule has 0 aliphatic rings. The van der Waals surface area contributed by atoms with Gasteiger partial charge < -0.3 is 0 Å². The molecule has 0 aliphatic heterocycles.